The molecule has 0 bridgehead atoms. The average molecular weight is 316 g/mol. The molecule has 1 aromatic carbocycles. The molecule has 2 N–H and O–H groups in total. The van der Waals surface area contributed by atoms with Crippen molar-refractivity contribution < 1.29 is 17.5 Å². The first-order valence-corrected chi connectivity index (χ1v) is 8.45. The normalized spacial score (nSPS) is 19.9. The number of hydrogen-bond donors (Lipinski definition) is 1. The third kappa shape index (κ3) is 3.79. The molecular weight excluding hydrogens is 295 g/mol. The van der Waals surface area contributed by atoms with Gasteiger partial charge in [0.15, 0.2) is 0 Å². The van der Waals surface area contributed by atoms with Crippen LogP contribution in [0.15, 0.2) is 23.1 Å². The third-order valence-electron chi connectivity index (χ3n) is 3.67. The van der Waals surface area contributed by atoms with Gasteiger partial charge in [0, 0.05) is 26.7 Å². The van der Waals surface area contributed by atoms with Gasteiger partial charge < -0.3 is 10.5 Å². The molecule has 1 unspecified atom stereocenters. The van der Waals surface area contributed by atoms with Crippen molar-refractivity contribution in [2.24, 2.45) is 5.73 Å². The Morgan fingerprint density at radius 3 is 2.81 bits per heavy atom. The van der Waals surface area contributed by atoms with Crippen LogP contribution in [0.3, 0.4) is 0 Å². The Kier molecular flexibility index (Phi) is 5.32. The van der Waals surface area contributed by atoms with E-state index in [1.165, 1.54) is 23.5 Å². The fourth-order valence-corrected chi connectivity index (χ4v) is 3.88. The van der Waals surface area contributed by atoms with Gasteiger partial charge in [-0.2, -0.15) is 4.31 Å². The molecule has 0 aromatic heterocycles. The van der Waals surface area contributed by atoms with Crippen LogP contribution in [-0.4, -0.2) is 39.0 Å². The van der Waals surface area contributed by atoms with Crippen LogP contribution in [0.5, 0.6) is 0 Å². The second kappa shape index (κ2) is 6.83. The van der Waals surface area contributed by atoms with Gasteiger partial charge in [-0.3, -0.25) is 0 Å². The third-order valence-corrected chi connectivity index (χ3v) is 5.58. The second-order valence-corrected chi connectivity index (χ2v) is 7.24. The summed E-state index contributed by atoms with van der Waals surface area (Å²) < 4.78 is 45.3. The lowest BCUT2D eigenvalue weighted by Crippen LogP contribution is -2.37. The van der Waals surface area contributed by atoms with Crippen molar-refractivity contribution >= 4 is 10.0 Å². The van der Waals surface area contributed by atoms with Crippen molar-refractivity contribution in [3.63, 3.8) is 0 Å². The predicted octanol–water partition coefficient (Wildman–Crippen LogP) is 1.47. The summed E-state index contributed by atoms with van der Waals surface area (Å²) in [5.41, 5.74) is 5.96. The maximum absolute atomic E-state index is 13.4. The van der Waals surface area contributed by atoms with Crippen molar-refractivity contribution in [2.75, 3.05) is 20.2 Å². The largest absolute Gasteiger partial charge is 0.377 e. The highest BCUT2D eigenvalue weighted by atomic mass is 32.2. The summed E-state index contributed by atoms with van der Waals surface area (Å²) in [5, 5.41) is 0. The van der Waals surface area contributed by atoms with Crippen molar-refractivity contribution in [1.82, 2.24) is 4.31 Å². The quantitative estimate of drug-likeness (QED) is 0.893. The van der Waals surface area contributed by atoms with Crippen LogP contribution in [-0.2, 0) is 21.3 Å². The number of ether oxygens (including phenoxy) is 1. The first-order chi connectivity index (χ1) is 9.95. The summed E-state index contributed by atoms with van der Waals surface area (Å²) in [4.78, 5) is -0.0664. The van der Waals surface area contributed by atoms with E-state index in [4.69, 9.17) is 10.5 Å². The minimum atomic E-state index is -3.77. The number of rotatable bonds is 5. The monoisotopic (exact) mass is 316 g/mol. The molecule has 0 radical (unpaired) electrons. The van der Waals surface area contributed by atoms with Gasteiger partial charge in [-0.15, -0.1) is 0 Å². The van der Waals surface area contributed by atoms with Crippen molar-refractivity contribution in [1.29, 1.82) is 0 Å². The minimum absolute atomic E-state index is 0.0443. The van der Waals surface area contributed by atoms with Crippen LogP contribution < -0.4 is 5.73 Å². The zero-order valence-electron chi connectivity index (χ0n) is 12.1. The number of hydrogen-bond acceptors (Lipinski definition) is 4. The van der Waals surface area contributed by atoms with Gasteiger partial charge in [-0.25, -0.2) is 12.8 Å². The lowest BCUT2D eigenvalue weighted by molar-refractivity contribution is 0.00858. The molecule has 1 heterocycles. The molecular formula is C14H21FN2O3S. The molecule has 1 saturated heterocycles. The van der Waals surface area contributed by atoms with E-state index in [9.17, 15) is 12.8 Å². The van der Waals surface area contributed by atoms with Gasteiger partial charge in [0.25, 0.3) is 0 Å². The van der Waals surface area contributed by atoms with E-state index in [2.05, 4.69) is 0 Å². The van der Waals surface area contributed by atoms with Crippen LogP contribution in [0, 0.1) is 5.82 Å². The zero-order chi connectivity index (χ0) is 15.5. The van der Waals surface area contributed by atoms with Crippen LogP contribution in [0.2, 0.25) is 0 Å². The highest BCUT2D eigenvalue weighted by molar-refractivity contribution is 7.89. The SMILES string of the molecule is CN(CC1CCCCO1)S(=O)(=O)c1cc(F)ccc1CN. The summed E-state index contributed by atoms with van der Waals surface area (Å²) >= 11 is 0. The molecule has 0 aliphatic carbocycles. The summed E-state index contributed by atoms with van der Waals surface area (Å²) in [6, 6.07) is 3.65. The Balaban J connectivity index is 2.22. The molecule has 0 amide bonds. The first-order valence-electron chi connectivity index (χ1n) is 7.01. The van der Waals surface area contributed by atoms with E-state index in [0.717, 1.165) is 25.3 Å². The van der Waals surface area contributed by atoms with E-state index in [0.29, 0.717) is 12.2 Å². The highest BCUT2D eigenvalue weighted by Crippen LogP contribution is 2.22. The summed E-state index contributed by atoms with van der Waals surface area (Å²) in [6.45, 7) is 0.970. The second-order valence-electron chi connectivity index (χ2n) is 5.23. The summed E-state index contributed by atoms with van der Waals surface area (Å²) in [5.74, 6) is -0.590. The predicted molar refractivity (Wildman–Crippen MR) is 77.7 cm³/mol. The van der Waals surface area contributed by atoms with Gasteiger partial charge in [-0.05, 0) is 37.0 Å². The number of benzene rings is 1. The van der Waals surface area contributed by atoms with Crippen molar-refractivity contribution in [2.45, 2.75) is 36.8 Å². The maximum Gasteiger partial charge on any atom is 0.243 e. The van der Waals surface area contributed by atoms with Gasteiger partial charge in [0.2, 0.25) is 10.0 Å². The fourth-order valence-electron chi connectivity index (χ4n) is 2.44. The van der Waals surface area contributed by atoms with Crippen molar-refractivity contribution in [3.8, 4) is 0 Å². The Labute approximate surface area is 124 Å². The van der Waals surface area contributed by atoms with Gasteiger partial charge in [0.05, 0.1) is 11.0 Å². The number of nitrogens with zero attached hydrogens (tertiary/aromatic N) is 1. The van der Waals surface area contributed by atoms with Crippen LogP contribution in [0.25, 0.3) is 0 Å². The van der Waals surface area contributed by atoms with E-state index >= 15 is 0 Å². The van der Waals surface area contributed by atoms with Crippen molar-refractivity contribution in [3.05, 3.63) is 29.6 Å². The zero-order valence-corrected chi connectivity index (χ0v) is 12.9. The van der Waals surface area contributed by atoms with E-state index < -0.39 is 15.8 Å². The first kappa shape index (κ1) is 16.4. The lowest BCUT2D eigenvalue weighted by atomic mass is 10.1. The van der Waals surface area contributed by atoms with Crippen LogP contribution >= 0.6 is 0 Å². The van der Waals surface area contributed by atoms with E-state index in [1.807, 2.05) is 0 Å². The maximum atomic E-state index is 13.4. The van der Waals surface area contributed by atoms with E-state index in [-0.39, 0.29) is 24.1 Å². The molecule has 1 aliphatic heterocycles. The van der Waals surface area contributed by atoms with Gasteiger partial charge in [0.1, 0.15) is 5.82 Å². The van der Waals surface area contributed by atoms with E-state index in [1.54, 1.807) is 0 Å². The molecule has 1 atom stereocenters. The Hall–Kier alpha value is -1.02. The molecule has 7 heteroatoms. The Morgan fingerprint density at radius 2 is 2.19 bits per heavy atom. The standard InChI is InChI=1S/C14H21FN2O3S/c1-17(10-13-4-2-3-7-20-13)21(18,19)14-8-12(15)6-5-11(14)9-16/h5-6,8,13H,2-4,7,9-10,16H2,1H3. The smallest absolute Gasteiger partial charge is 0.243 e. The highest BCUT2D eigenvalue weighted by Gasteiger charge is 2.27. The minimum Gasteiger partial charge on any atom is -0.377 e. The van der Waals surface area contributed by atoms with Gasteiger partial charge in [-0.1, -0.05) is 6.07 Å². The molecule has 0 spiro atoms. The number of likely N-dealkylation sites (N-methyl/N-ethyl adjacent to an activating group) is 1. The molecule has 1 aliphatic rings. The Bertz CT molecular complexity index is 586. The Morgan fingerprint density at radius 1 is 1.43 bits per heavy atom. The topological polar surface area (TPSA) is 72.6 Å². The number of halogens is 1. The summed E-state index contributed by atoms with van der Waals surface area (Å²) in [6.07, 6.45) is 2.78. The number of sulfonamides is 1. The fraction of sp³-hybridized carbons (Fsp3) is 0.571. The van der Waals surface area contributed by atoms with Crippen LogP contribution in [0.1, 0.15) is 24.8 Å². The molecule has 118 valence electrons. The molecule has 0 saturated carbocycles. The summed E-state index contributed by atoms with van der Waals surface area (Å²) in [7, 11) is -2.29. The average Bonchev–Trinajstić information content (AvgIpc) is 2.48. The number of nitrogens with two attached hydrogens (primary N) is 1. The molecule has 2 rings (SSSR count). The lowest BCUT2D eigenvalue weighted by Gasteiger charge is -2.27. The molecule has 1 fully saturated rings. The molecule has 1 aromatic rings. The van der Waals surface area contributed by atoms with Gasteiger partial charge >= 0.3 is 0 Å². The molecule has 21 heavy (non-hydrogen) atoms. The molecule has 5 nitrogen and oxygen atoms in total. The van der Waals surface area contributed by atoms with Crippen LogP contribution in [0.4, 0.5) is 4.39 Å².